The molecule has 25 heavy (non-hydrogen) atoms. The Morgan fingerprint density at radius 3 is 2.32 bits per heavy atom. The molecule has 1 heterocycles. The molecule has 1 atom stereocenters. The summed E-state index contributed by atoms with van der Waals surface area (Å²) in [5.41, 5.74) is 0.702. The first-order valence-corrected chi connectivity index (χ1v) is 7.31. The topological polar surface area (TPSA) is 84.9 Å². The van der Waals surface area contributed by atoms with E-state index in [4.69, 9.17) is 4.74 Å². The number of halogens is 2. The number of dihydropyridines is 1. The first-order chi connectivity index (χ1) is 11.8. The predicted octanol–water partition coefficient (Wildman–Crippen LogP) is 2.78. The van der Waals surface area contributed by atoms with Crippen LogP contribution in [0.1, 0.15) is 25.3 Å². The molecular formula is C17H17F2NO5. The predicted molar refractivity (Wildman–Crippen MR) is 84.0 cm³/mol. The minimum atomic E-state index is -3.09. The van der Waals surface area contributed by atoms with Crippen LogP contribution in [0, 0.1) is 0 Å². The Bertz CT molecular complexity index is 770. The number of carbonyl (C=O) groups is 2. The normalized spacial score (nSPS) is 17.4. The number of esters is 1. The number of methoxy groups -OCH3 is 1. The van der Waals surface area contributed by atoms with Crippen molar-refractivity contribution >= 4 is 11.9 Å². The average molecular weight is 353 g/mol. The number of carboxylic acids is 1. The van der Waals surface area contributed by atoms with Crippen molar-refractivity contribution in [1.29, 1.82) is 0 Å². The molecule has 0 amide bonds. The fraction of sp³-hybridized carbons (Fsp3) is 0.294. The third-order valence-electron chi connectivity index (χ3n) is 3.84. The van der Waals surface area contributed by atoms with Crippen LogP contribution in [0.4, 0.5) is 8.78 Å². The second-order valence-corrected chi connectivity index (χ2v) is 5.35. The highest BCUT2D eigenvalue weighted by atomic mass is 19.3. The third kappa shape index (κ3) is 3.62. The summed E-state index contributed by atoms with van der Waals surface area (Å²) in [6.07, 6.45) is 0. The minimum Gasteiger partial charge on any atom is -0.478 e. The Labute approximate surface area is 142 Å². The van der Waals surface area contributed by atoms with E-state index in [0.717, 1.165) is 7.11 Å². The van der Waals surface area contributed by atoms with Crippen molar-refractivity contribution in [2.24, 2.45) is 0 Å². The molecule has 2 rings (SSSR count). The van der Waals surface area contributed by atoms with Gasteiger partial charge in [0.1, 0.15) is 5.75 Å². The van der Waals surface area contributed by atoms with Gasteiger partial charge in [0.15, 0.2) is 0 Å². The molecule has 1 aliphatic heterocycles. The number of para-hydroxylation sites is 1. The van der Waals surface area contributed by atoms with Gasteiger partial charge in [-0.05, 0) is 19.9 Å². The Morgan fingerprint density at radius 2 is 1.76 bits per heavy atom. The number of aliphatic carboxylic acids is 1. The first kappa shape index (κ1) is 18.4. The van der Waals surface area contributed by atoms with E-state index in [2.05, 4.69) is 10.1 Å². The van der Waals surface area contributed by atoms with E-state index in [1.807, 2.05) is 0 Å². The summed E-state index contributed by atoms with van der Waals surface area (Å²) in [4.78, 5) is 24.0. The number of hydrogen-bond donors (Lipinski definition) is 2. The molecule has 0 spiro atoms. The van der Waals surface area contributed by atoms with Gasteiger partial charge in [-0.25, -0.2) is 9.59 Å². The van der Waals surface area contributed by atoms with Crippen molar-refractivity contribution in [3.8, 4) is 5.75 Å². The zero-order valence-corrected chi connectivity index (χ0v) is 13.8. The Balaban J connectivity index is 2.72. The zero-order valence-electron chi connectivity index (χ0n) is 13.8. The number of benzene rings is 1. The SMILES string of the molecule is COC(=O)C1=C(C)NC(C)=C(C(=O)O)[C@H]1c1ccccc1OC(F)F. The molecular weight excluding hydrogens is 336 g/mol. The Kier molecular flexibility index (Phi) is 5.41. The van der Waals surface area contributed by atoms with E-state index in [1.165, 1.54) is 25.1 Å². The number of rotatable bonds is 5. The summed E-state index contributed by atoms with van der Waals surface area (Å²) in [5.74, 6) is -3.35. The van der Waals surface area contributed by atoms with Gasteiger partial charge in [-0.2, -0.15) is 8.78 Å². The standard InChI is InChI=1S/C17H17F2NO5/c1-8-12(15(21)22)14(13(9(2)20-8)16(23)24-3)10-6-4-5-7-11(10)25-17(18)19/h4-7,14,17,20H,1-3H3,(H,21,22)/t14-/m1/s1. The fourth-order valence-electron chi connectivity index (χ4n) is 2.89. The number of alkyl halides is 2. The molecule has 1 aliphatic rings. The van der Waals surface area contributed by atoms with Crippen molar-refractivity contribution in [1.82, 2.24) is 5.32 Å². The lowest BCUT2D eigenvalue weighted by atomic mass is 9.80. The maximum absolute atomic E-state index is 12.7. The van der Waals surface area contributed by atoms with Crippen LogP contribution in [0.3, 0.4) is 0 Å². The molecule has 6 nitrogen and oxygen atoms in total. The van der Waals surface area contributed by atoms with Crippen LogP contribution in [0.5, 0.6) is 5.75 Å². The van der Waals surface area contributed by atoms with Crippen LogP contribution in [0.25, 0.3) is 0 Å². The largest absolute Gasteiger partial charge is 0.478 e. The van der Waals surface area contributed by atoms with Crippen molar-refractivity contribution < 1.29 is 33.0 Å². The maximum atomic E-state index is 12.7. The minimum absolute atomic E-state index is 0.0239. The highest BCUT2D eigenvalue weighted by Gasteiger charge is 2.38. The van der Waals surface area contributed by atoms with Crippen LogP contribution in [-0.4, -0.2) is 30.8 Å². The lowest BCUT2D eigenvalue weighted by molar-refractivity contribution is -0.136. The summed E-state index contributed by atoms with van der Waals surface area (Å²) in [5, 5.41) is 12.4. The molecule has 8 heteroatoms. The van der Waals surface area contributed by atoms with E-state index in [9.17, 15) is 23.5 Å². The molecule has 1 aromatic rings. The number of allylic oxidation sites excluding steroid dienone is 2. The van der Waals surface area contributed by atoms with Gasteiger partial charge in [-0.1, -0.05) is 18.2 Å². The molecule has 0 unspecified atom stereocenters. The summed E-state index contributed by atoms with van der Waals surface area (Å²) >= 11 is 0. The summed E-state index contributed by atoms with van der Waals surface area (Å²) in [7, 11) is 1.16. The molecule has 134 valence electrons. The number of ether oxygens (including phenoxy) is 2. The maximum Gasteiger partial charge on any atom is 0.387 e. The highest BCUT2D eigenvalue weighted by molar-refractivity contribution is 5.99. The average Bonchev–Trinajstić information content (AvgIpc) is 2.53. The molecule has 0 bridgehead atoms. The Morgan fingerprint density at radius 1 is 1.16 bits per heavy atom. The van der Waals surface area contributed by atoms with E-state index in [-0.39, 0.29) is 22.5 Å². The number of carbonyl (C=O) groups excluding carboxylic acids is 1. The lowest BCUT2D eigenvalue weighted by Gasteiger charge is -2.30. The van der Waals surface area contributed by atoms with Gasteiger partial charge in [0.05, 0.1) is 24.2 Å². The Hall–Kier alpha value is -2.90. The summed E-state index contributed by atoms with van der Waals surface area (Å²) < 4.78 is 34.7. The molecule has 0 saturated carbocycles. The second kappa shape index (κ2) is 7.33. The lowest BCUT2D eigenvalue weighted by Crippen LogP contribution is -2.31. The second-order valence-electron chi connectivity index (χ2n) is 5.35. The van der Waals surface area contributed by atoms with E-state index in [0.29, 0.717) is 11.4 Å². The quantitative estimate of drug-likeness (QED) is 0.792. The van der Waals surface area contributed by atoms with Crippen molar-refractivity contribution in [2.45, 2.75) is 26.4 Å². The molecule has 0 fully saturated rings. The van der Waals surface area contributed by atoms with Crippen LogP contribution < -0.4 is 10.1 Å². The van der Waals surface area contributed by atoms with Crippen LogP contribution in [0.2, 0.25) is 0 Å². The van der Waals surface area contributed by atoms with E-state index < -0.39 is 24.5 Å². The fourth-order valence-corrected chi connectivity index (χ4v) is 2.89. The number of carboxylic acid groups (broad SMARTS) is 1. The van der Waals surface area contributed by atoms with Crippen LogP contribution in [0.15, 0.2) is 46.8 Å². The molecule has 0 aliphatic carbocycles. The van der Waals surface area contributed by atoms with Crippen LogP contribution >= 0.6 is 0 Å². The molecule has 2 N–H and O–H groups in total. The van der Waals surface area contributed by atoms with Gasteiger partial charge < -0.3 is 19.9 Å². The van der Waals surface area contributed by atoms with Gasteiger partial charge in [-0.3, -0.25) is 0 Å². The molecule has 0 saturated heterocycles. The van der Waals surface area contributed by atoms with Gasteiger partial charge in [0.25, 0.3) is 0 Å². The van der Waals surface area contributed by atoms with Gasteiger partial charge in [0, 0.05) is 17.0 Å². The molecule has 1 aromatic carbocycles. The number of hydrogen-bond acceptors (Lipinski definition) is 5. The molecule has 0 aromatic heterocycles. The highest BCUT2D eigenvalue weighted by Crippen LogP contribution is 2.42. The van der Waals surface area contributed by atoms with Crippen molar-refractivity contribution in [2.75, 3.05) is 7.11 Å². The van der Waals surface area contributed by atoms with Crippen LogP contribution in [-0.2, 0) is 14.3 Å². The zero-order chi connectivity index (χ0) is 18.7. The van der Waals surface area contributed by atoms with Crippen molar-refractivity contribution in [3.05, 3.63) is 52.4 Å². The number of nitrogens with one attached hydrogen (secondary N) is 1. The third-order valence-corrected chi connectivity index (χ3v) is 3.84. The summed E-state index contributed by atoms with van der Waals surface area (Å²) in [6, 6.07) is 5.77. The first-order valence-electron chi connectivity index (χ1n) is 7.31. The van der Waals surface area contributed by atoms with Gasteiger partial charge >= 0.3 is 18.6 Å². The molecule has 0 radical (unpaired) electrons. The summed E-state index contributed by atoms with van der Waals surface area (Å²) in [6.45, 7) is 0.0237. The van der Waals surface area contributed by atoms with Gasteiger partial charge in [-0.15, -0.1) is 0 Å². The van der Waals surface area contributed by atoms with Crippen molar-refractivity contribution in [3.63, 3.8) is 0 Å². The van der Waals surface area contributed by atoms with E-state index >= 15 is 0 Å². The van der Waals surface area contributed by atoms with Gasteiger partial charge in [0.2, 0.25) is 0 Å². The monoisotopic (exact) mass is 353 g/mol. The smallest absolute Gasteiger partial charge is 0.387 e. The van der Waals surface area contributed by atoms with E-state index in [1.54, 1.807) is 13.0 Å².